The lowest BCUT2D eigenvalue weighted by Crippen LogP contribution is -2.31. The van der Waals surface area contributed by atoms with Crippen LogP contribution in [0.3, 0.4) is 0 Å². The van der Waals surface area contributed by atoms with Crippen molar-refractivity contribution in [3.05, 3.63) is 29.8 Å². The minimum atomic E-state index is 0.0286. The summed E-state index contributed by atoms with van der Waals surface area (Å²) in [7, 11) is 6.12. The summed E-state index contributed by atoms with van der Waals surface area (Å²) in [5, 5.41) is 0. The number of benzene rings is 1. The van der Waals surface area contributed by atoms with Crippen LogP contribution in [0.25, 0.3) is 0 Å². The zero-order chi connectivity index (χ0) is 17.5. The standard InChI is InChI=1S/C19H31N3O2/c1-5-12-24-15-19(23)21(4)13-16-6-8-17(9-7-16)22-11-10-18(14-22)20(2)3/h6-9,18H,5,10-15H2,1-4H3. The van der Waals surface area contributed by atoms with Gasteiger partial charge in [0.1, 0.15) is 6.61 Å². The summed E-state index contributed by atoms with van der Waals surface area (Å²) in [6, 6.07) is 9.21. The van der Waals surface area contributed by atoms with Gasteiger partial charge in [0.05, 0.1) is 0 Å². The van der Waals surface area contributed by atoms with Crippen molar-refractivity contribution in [3.8, 4) is 0 Å². The van der Waals surface area contributed by atoms with Crippen molar-refractivity contribution in [3.63, 3.8) is 0 Å². The number of hydrogen-bond donors (Lipinski definition) is 0. The fourth-order valence-electron chi connectivity index (χ4n) is 2.99. The van der Waals surface area contributed by atoms with E-state index >= 15 is 0 Å². The number of anilines is 1. The van der Waals surface area contributed by atoms with Gasteiger partial charge in [-0.05, 0) is 44.6 Å². The lowest BCUT2D eigenvalue weighted by molar-refractivity contribution is -0.135. The molecule has 1 aliphatic rings. The van der Waals surface area contributed by atoms with E-state index in [1.165, 1.54) is 12.1 Å². The van der Waals surface area contributed by atoms with Gasteiger partial charge in [-0.3, -0.25) is 4.79 Å². The fraction of sp³-hybridized carbons (Fsp3) is 0.632. The molecule has 1 aromatic rings. The molecule has 0 bridgehead atoms. The van der Waals surface area contributed by atoms with E-state index in [9.17, 15) is 4.79 Å². The number of amides is 1. The quantitative estimate of drug-likeness (QED) is 0.684. The molecule has 1 heterocycles. The van der Waals surface area contributed by atoms with E-state index in [-0.39, 0.29) is 12.5 Å². The van der Waals surface area contributed by atoms with Gasteiger partial charge < -0.3 is 19.4 Å². The molecule has 0 radical (unpaired) electrons. The Bertz CT molecular complexity index is 516. The third-order valence-electron chi connectivity index (χ3n) is 4.61. The Morgan fingerprint density at radius 3 is 2.54 bits per heavy atom. The molecular formula is C19H31N3O2. The van der Waals surface area contributed by atoms with Crippen LogP contribution in [0.4, 0.5) is 5.69 Å². The summed E-state index contributed by atoms with van der Waals surface area (Å²) in [6.07, 6.45) is 2.15. The Hall–Kier alpha value is -1.59. The lowest BCUT2D eigenvalue weighted by Gasteiger charge is -2.22. The molecule has 24 heavy (non-hydrogen) atoms. The van der Waals surface area contributed by atoms with E-state index in [1.807, 2.05) is 14.0 Å². The molecule has 1 atom stereocenters. The van der Waals surface area contributed by atoms with Crippen molar-refractivity contribution in [2.75, 3.05) is 52.3 Å². The molecular weight excluding hydrogens is 302 g/mol. The molecule has 1 aliphatic heterocycles. The molecule has 1 amide bonds. The second-order valence-electron chi connectivity index (χ2n) is 6.82. The van der Waals surface area contributed by atoms with Gasteiger partial charge in [0.2, 0.25) is 5.91 Å². The van der Waals surface area contributed by atoms with Crippen LogP contribution in [0.5, 0.6) is 0 Å². The molecule has 1 saturated heterocycles. The number of hydrogen-bond acceptors (Lipinski definition) is 4. The van der Waals surface area contributed by atoms with Crippen LogP contribution < -0.4 is 4.90 Å². The lowest BCUT2D eigenvalue weighted by atomic mass is 10.2. The number of carbonyl (C=O) groups excluding carboxylic acids is 1. The van der Waals surface area contributed by atoms with Crippen LogP contribution >= 0.6 is 0 Å². The summed E-state index contributed by atoms with van der Waals surface area (Å²) in [4.78, 5) is 18.4. The predicted molar refractivity (Wildman–Crippen MR) is 98.3 cm³/mol. The molecule has 0 aliphatic carbocycles. The maximum absolute atomic E-state index is 12.0. The molecule has 1 aromatic carbocycles. The molecule has 0 saturated carbocycles. The molecule has 5 heteroatoms. The van der Waals surface area contributed by atoms with E-state index < -0.39 is 0 Å². The zero-order valence-electron chi connectivity index (χ0n) is 15.5. The molecule has 0 spiro atoms. The van der Waals surface area contributed by atoms with Crippen LogP contribution in [-0.4, -0.2) is 69.2 Å². The Morgan fingerprint density at radius 1 is 1.25 bits per heavy atom. The third-order valence-corrected chi connectivity index (χ3v) is 4.61. The van der Waals surface area contributed by atoms with Crippen LogP contribution in [0.15, 0.2) is 24.3 Å². The molecule has 5 nitrogen and oxygen atoms in total. The summed E-state index contributed by atoms with van der Waals surface area (Å²) >= 11 is 0. The van der Waals surface area contributed by atoms with Crippen LogP contribution in [-0.2, 0) is 16.1 Å². The first-order valence-corrected chi connectivity index (χ1v) is 8.83. The van der Waals surface area contributed by atoms with Crippen molar-refractivity contribution < 1.29 is 9.53 Å². The SMILES string of the molecule is CCCOCC(=O)N(C)Cc1ccc(N2CCC(N(C)C)C2)cc1. The van der Waals surface area contributed by atoms with Crippen LogP contribution in [0.2, 0.25) is 0 Å². The Kier molecular flexibility index (Phi) is 7.06. The van der Waals surface area contributed by atoms with Gasteiger partial charge in [0.25, 0.3) is 0 Å². The van der Waals surface area contributed by atoms with Gasteiger partial charge in [0, 0.05) is 45.0 Å². The number of carbonyl (C=O) groups is 1. The Balaban J connectivity index is 1.85. The fourth-order valence-corrected chi connectivity index (χ4v) is 2.99. The first-order chi connectivity index (χ1) is 11.5. The normalized spacial score (nSPS) is 17.5. The second-order valence-corrected chi connectivity index (χ2v) is 6.82. The smallest absolute Gasteiger partial charge is 0.248 e. The highest BCUT2D eigenvalue weighted by molar-refractivity contribution is 5.77. The van der Waals surface area contributed by atoms with Crippen LogP contribution in [0.1, 0.15) is 25.3 Å². The number of likely N-dealkylation sites (N-methyl/N-ethyl adjacent to an activating group) is 2. The highest BCUT2D eigenvalue weighted by atomic mass is 16.5. The molecule has 1 unspecified atom stereocenters. The van der Waals surface area contributed by atoms with E-state index in [0.29, 0.717) is 19.2 Å². The average molecular weight is 333 g/mol. The van der Waals surface area contributed by atoms with Crippen LogP contribution in [0, 0.1) is 0 Å². The van der Waals surface area contributed by atoms with Gasteiger partial charge in [0.15, 0.2) is 0 Å². The first kappa shape index (κ1) is 18.7. The maximum atomic E-state index is 12.0. The Labute approximate surface area is 146 Å². The zero-order valence-corrected chi connectivity index (χ0v) is 15.5. The monoisotopic (exact) mass is 333 g/mol. The number of rotatable bonds is 8. The van der Waals surface area contributed by atoms with Gasteiger partial charge >= 0.3 is 0 Å². The van der Waals surface area contributed by atoms with Gasteiger partial charge in [-0.25, -0.2) is 0 Å². The summed E-state index contributed by atoms with van der Waals surface area (Å²) in [5.41, 5.74) is 2.41. The predicted octanol–water partition coefficient (Wildman–Crippen LogP) is 2.21. The third kappa shape index (κ3) is 5.21. The minimum absolute atomic E-state index is 0.0286. The van der Waals surface area contributed by atoms with Crippen molar-refractivity contribution in [1.29, 1.82) is 0 Å². The minimum Gasteiger partial charge on any atom is -0.372 e. The summed E-state index contributed by atoms with van der Waals surface area (Å²) in [5.74, 6) is 0.0286. The maximum Gasteiger partial charge on any atom is 0.248 e. The van der Waals surface area contributed by atoms with Crippen molar-refractivity contribution in [2.45, 2.75) is 32.4 Å². The van der Waals surface area contributed by atoms with Crippen molar-refractivity contribution in [2.24, 2.45) is 0 Å². The van der Waals surface area contributed by atoms with Crippen molar-refractivity contribution in [1.82, 2.24) is 9.80 Å². The molecule has 1 fully saturated rings. The molecule has 134 valence electrons. The summed E-state index contributed by atoms with van der Waals surface area (Å²) in [6.45, 7) is 5.65. The van der Waals surface area contributed by atoms with Crippen molar-refractivity contribution >= 4 is 11.6 Å². The van der Waals surface area contributed by atoms with E-state index in [1.54, 1.807) is 4.90 Å². The van der Waals surface area contributed by atoms with Gasteiger partial charge in [-0.1, -0.05) is 19.1 Å². The van der Waals surface area contributed by atoms with Gasteiger partial charge in [-0.15, -0.1) is 0 Å². The first-order valence-electron chi connectivity index (χ1n) is 8.83. The highest BCUT2D eigenvalue weighted by Gasteiger charge is 2.23. The van der Waals surface area contributed by atoms with Gasteiger partial charge in [-0.2, -0.15) is 0 Å². The Morgan fingerprint density at radius 2 is 1.96 bits per heavy atom. The number of nitrogens with zero attached hydrogens (tertiary/aromatic N) is 3. The molecule has 2 rings (SSSR count). The average Bonchev–Trinajstić information content (AvgIpc) is 3.06. The molecule has 0 N–H and O–H groups in total. The molecule has 0 aromatic heterocycles. The topological polar surface area (TPSA) is 36.0 Å². The largest absolute Gasteiger partial charge is 0.372 e. The van der Waals surface area contributed by atoms with E-state index in [0.717, 1.165) is 25.1 Å². The highest BCUT2D eigenvalue weighted by Crippen LogP contribution is 2.22. The number of ether oxygens (including phenoxy) is 1. The van der Waals surface area contributed by atoms with E-state index in [4.69, 9.17) is 4.74 Å². The summed E-state index contributed by atoms with van der Waals surface area (Å²) < 4.78 is 5.32. The van der Waals surface area contributed by atoms with E-state index in [2.05, 4.69) is 48.2 Å². The second kappa shape index (κ2) is 9.04.